The van der Waals surface area contributed by atoms with Crippen LogP contribution in [0.5, 0.6) is 0 Å². The number of rotatable bonds is 1. The monoisotopic (exact) mass is 292 g/mol. The maximum Gasteiger partial charge on any atom is 0.396 e. The molecule has 0 saturated heterocycles. The Morgan fingerprint density at radius 2 is 2.06 bits per heavy atom. The molecule has 6 heteroatoms. The first-order chi connectivity index (χ1) is 7.37. The zero-order valence-corrected chi connectivity index (χ0v) is 9.93. The highest BCUT2D eigenvalue weighted by atomic mass is 79.9. The van der Waals surface area contributed by atoms with Crippen LogP contribution in [0.4, 0.5) is 13.2 Å². The molecule has 0 unspecified atom stereocenters. The summed E-state index contributed by atoms with van der Waals surface area (Å²) in [6.07, 6.45) is -5.23. The quantitative estimate of drug-likeness (QED) is 0.787. The van der Waals surface area contributed by atoms with E-state index in [2.05, 4.69) is 20.9 Å². The summed E-state index contributed by atoms with van der Waals surface area (Å²) in [5.74, 6) is 0.0283. The molecule has 2 aromatic rings. The van der Waals surface area contributed by atoms with Crippen LogP contribution in [-0.2, 0) is 13.5 Å². The van der Waals surface area contributed by atoms with Gasteiger partial charge >= 0.3 is 6.18 Å². The van der Waals surface area contributed by atoms with Crippen molar-refractivity contribution in [1.82, 2.24) is 9.55 Å². The average Bonchev–Trinajstić information content (AvgIpc) is 2.42. The van der Waals surface area contributed by atoms with Crippen molar-refractivity contribution in [2.45, 2.75) is 12.6 Å². The van der Waals surface area contributed by atoms with Gasteiger partial charge in [0.1, 0.15) is 12.2 Å². The third-order valence-electron chi connectivity index (χ3n) is 2.29. The standard InChI is InChI=1S/C10H8BrF3N2/c1-16-8-4-6(11)2-3-7(8)15-9(16)5-10(12,13)14/h2-4H,5H2,1H3. The van der Waals surface area contributed by atoms with Gasteiger partial charge in [-0.2, -0.15) is 13.2 Å². The molecule has 2 rings (SSSR count). The second kappa shape index (κ2) is 3.76. The van der Waals surface area contributed by atoms with E-state index in [4.69, 9.17) is 0 Å². The van der Waals surface area contributed by atoms with Gasteiger partial charge < -0.3 is 4.57 Å². The zero-order valence-electron chi connectivity index (χ0n) is 8.35. The van der Waals surface area contributed by atoms with E-state index < -0.39 is 12.6 Å². The summed E-state index contributed by atoms with van der Waals surface area (Å²) in [6, 6.07) is 5.20. The highest BCUT2D eigenvalue weighted by molar-refractivity contribution is 9.10. The summed E-state index contributed by atoms with van der Waals surface area (Å²) in [5, 5.41) is 0. The van der Waals surface area contributed by atoms with E-state index in [0.29, 0.717) is 11.0 Å². The lowest BCUT2D eigenvalue weighted by Gasteiger charge is -2.05. The lowest BCUT2D eigenvalue weighted by Crippen LogP contribution is -2.15. The minimum atomic E-state index is -4.23. The molecule has 2 nitrogen and oxygen atoms in total. The molecule has 1 aromatic heterocycles. The number of aromatic nitrogens is 2. The van der Waals surface area contributed by atoms with E-state index in [0.717, 1.165) is 4.47 Å². The lowest BCUT2D eigenvalue weighted by molar-refractivity contribution is -0.128. The van der Waals surface area contributed by atoms with Crippen molar-refractivity contribution >= 4 is 27.0 Å². The minimum Gasteiger partial charge on any atom is -0.331 e. The number of benzene rings is 1. The van der Waals surface area contributed by atoms with Crippen molar-refractivity contribution in [3.63, 3.8) is 0 Å². The van der Waals surface area contributed by atoms with E-state index in [1.807, 2.05) is 0 Å². The Kier molecular flexibility index (Phi) is 2.69. The normalized spacial score (nSPS) is 12.3. The third-order valence-corrected chi connectivity index (χ3v) is 2.79. The predicted molar refractivity (Wildman–Crippen MR) is 58.2 cm³/mol. The topological polar surface area (TPSA) is 17.8 Å². The molecule has 0 bridgehead atoms. The first-order valence-corrected chi connectivity index (χ1v) is 5.34. The van der Waals surface area contributed by atoms with Gasteiger partial charge in [0.2, 0.25) is 0 Å². The molecular formula is C10H8BrF3N2. The first kappa shape index (κ1) is 11.4. The highest BCUT2D eigenvalue weighted by Gasteiger charge is 2.30. The Balaban J connectivity index is 2.52. The smallest absolute Gasteiger partial charge is 0.331 e. The van der Waals surface area contributed by atoms with Gasteiger partial charge in [0, 0.05) is 11.5 Å². The molecule has 0 aliphatic rings. The van der Waals surface area contributed by atoms with Crippen LogP contribution < -0.4 is 0 Å². The molecule has 16 heavy (non-hydrogen) atoms. The van der Waals surface area contributed by atoms with Crippen molar-refractivity contribution < 1.29 is 13.2 Å². The van der Waals surface area contributed by atoms with Gasteiger partial charge in [-0.05, 0) is 18.2 Å². The van der Waals surface area contributed by atoms with Gasteiger partial charge in [-0.3, -0.25) is 0 Å². The van der Waals surface area contributed by atoms with Crippen LogP contribution in [0.3, 0.4) is 0 Å². The lowest BCUT2D eigenvalue weighted by atomic mass is 10.3. The summed E-state index contributed by atoms with van der Waals surface area (Å²) >= 11 is 3.27. The molecule has 0 aliphatic heterocycles. The number of imidazole rings is 1. The largest absolute Gasteiger partial charge is 0.396 e. The van der Waals surface area contributed by atoms with Gasteiger partial charge in [0.05, 0.1) is 11.0 Å². The number of hydrogen-bond donors (Lipinski definition) is 0. The van der Waals surface area contributed by atoms with E-state index in [1.54, 1.807) is 25.2 Å². The zero-order chi connectivity index (χ0) is 11.9. The number of hydrogen-bond acceptors (Lipinski definition) is 1. The Morgan fingerprint density at radius 1 is 1.38 bits per heavy atom. The molecule has 0 saturated carbocycles. The van der Waals surface area contributed by atoms with Gasteiger partial charge in [-0.25, -0.2) is 4.98 Å². The predicted octanol–water partition coefficient (Wildman–Crippen LogP) is 3.44. The van der Waals surface area contributed by atoms with Crippen molar-refractivity contribution in [1.29, 1.82) is 0 Å². The van der Waals surface area contributed by atoms with Crippen molar-refractivity contribution in [2.75, 3.05) is 0 Å². The molecule has 1 heterocycles. The number of alkyl halides is 3. The summed E-state index contributed by atoms with van der Waals surface area (Å²) < 4.78 is 39.1. The van der Waals surface area contributed by atoms with Gasteiger partial charge in [-0.15, -0.1) is 0 Å². The van der Waals surface area contributed by atoms with Gasteiger partial charge in [0.15, 0.2) is 0 Å². The SMILES string of the molecule is Cn1c(CC(F)(F)F)nc2ccc(Br)cc21. The van der Waals surface area contributed by atoms with Crippen LogP contribution in [0.2, 0.25) is 0 Å². The van der Waals surface area contributed by atoms with Crippen molar-refractivity contribution in [3.8, 4) is 0 Å². The van der Waals surface area contributed by atoms with E-state index >= 15 is 0 Å². The molecular weight excluding hydrogens is 285 g/mol. The van der Waals surface area contributed by atoms with Crippen molar-refractivity contribution in [3.05, 3.63) is 28.5 Å². The van der Waals surface area contributed by atoms with Crippen molar-refractivity contribution in [2.24, 2.45) is 7.05 Å². The molecule has 0 spiro atoms. The Bertz CT molecular complexity index is 531. The molecule has 0 amide bonds. The minimum absolute atomic E-state index is 0.0283. The molecule has 0 radical (unpaired) electrons. The fraction of sp³-hybridized carbons (Fsp3) is 0.300. The first-order valence-electron chi connectivity index (χ1n) is 4.54. The Hall–Kier alpha value is -1.04. The Labute approximate surface area is 98.2 Å². The summed E-state index contributed by atoms with van der Waals surface area (Å²) in [5.41, 5.74) is 1.26. The summed E-state index contributed by atoms with van der Waals surface area (Å²) in [7, 11) is 1.59. The fourth-order valence-electron chi connectivity index (χ4n) is 1.55. The van der Waals surface area contributed by atoms with Gasteiger partial charge in [-0.1, -0.05) is 15.9 Å². The van der Waals surface area contributed by atoms with Crippen LogP contribution in [0, 0.1) is 0 Å². The molecule has 1 aromatic carbocycles. The van der Waals surface area contributed by atoms with Crippen LogP contribution >= 0.6 is 15.9 Å². The fourth-order valence-corrected chi connectivity index (χ4v) is 1.90. The van der Waals surface area contributed by atoms with E-state index in [1.165, 1.54) is 4.57 Å². The Morgan fingerprint density at radius 3 is 2.69 bits per heavy atom. The number of halogens is 4. The maximum absolute atomic E-state index is 12.3. The number of fused-ring (bicyclic) bond motifs is 1. The van der Waals surface area contributed by atoms with E-state index in [-0.39, 0.29) is 5.82 Å². The summed E-state index contributed by atoms with van der Waals surface area (Å²) in [4.78, 5) is 3.96. The second-order valence-electron chi connectivity index (χ2n) is 3.51. The molecule has 0 atom stereocenters. The van der Waals surface area contributed by atoms with Crippen LogP contribution in [0.1, 0.15) is 5.82 Å². The van der Waals surface area contributed by atoms with Gasteiger partial charge in [0.25, 0.3) is 0 Å². The van der Waals surface area contributed by atoms with E-state index in [9.17, 15) is 13.2 Å². The molecule has 0 fully saturated rings. The average molecular weight is 293 g/mol. The highest BCUT2D eigenvalue weighted by Crippen LogP contribution is 2.25. The summed E-state index contributed by atoms with van der Waals surface area (Å²) in [6.45, 7) is 0. The molecule has 86 valence electrons. The third kappa shape index (κ3) is 2.21. The number of nitrogens with zero attached hydrogens (tertiary/aromatic N) is 2. The number of aryl methyl sites for hydroxylation is 1. The molecule has 0 N–H and O–H groups in total. The van der Waals surface area contributed by atoms with Crippen LogP contribution in [0.15, 0.2) is 22.7 Å². The maximum atomic E-state index is 12.3. The van der Waals surface area contributed by atoms with Crippen LogP contribution in [-0.4, -0.2) is 15.7 Å². The second-order valence-corrected chi connectivity index (χ2v) is 4.43. The van der Waals surface area contributed by atoms with Crippen LogP contribution in [0.25, 0.3) is 11.0 Å². The molecule has 0 aliphatic carbocycles.